The Morgan fingerprint density at radius 3 is 0.839 bits per heavy atom. The lowest BCUT2D eigenvalue weighted by Gasteiger charge is -2.50. The molecule has 3 aliphatic carbocycles. The topological polar surface area (TPSA) is 0 Å². The summed E-state index contributed by atoms with van der Waals surface area (Å²) in [5, 5.41) is 0. The molecule has 10 heteroatoms. The fourth-order valence-electron chi connectivity index (χ4n) is 7.03. The molecule has 7 atom stereocenters. The molecule has 0 amide bonds. The lowest BCUT2D eigenvalue weighted by Crippen LogP contribution is -2.50. The number of halogens is 9. The van der Waals surface area contributed by atoms with Crippen molar-refractivity contribution in [2.75, 3.05) is 0 Å². The smallest absolute Gasteiger partial charge is 0.171 e. The number of hydrogen-bond acceptors (Lipinski definition) is 0. The molecule has 1 unspecified atom stereocenters. The van der Waals surface area contributed by atoms with Gasteiger partial charge in [0.25, 0.3) is 0 Å². The quantitative estimate of drug-likeness (QED) is 0.279. The first-order valence-electron chi connectivity index (χ1n) is 11.5. The minimum atomic E-state index is -4.57. The number of rotatable bonds is 3. The fraction of sp³-hybridized carbons (Fsp3) is 1.00. The van der Waals surface area contributed by atoms with Gasteiger partial charge in [-0.15, -0.1) is 0 Å². The van der Waals surface area contributed by atoms with Crippen LogP contribution in [-0.4, -0.2) is 27.3 Å². The van der Waals surface area contributed by atoms with Crippen LogP contribution < -0.4 is 0 Å². The van der Waals surface area contributed by atoms with Gasteiger partial charge in [-0.2, -0.15) is 39.5 Å². The molecule has 0 radical (unpaired) electrons. The van der Waals surface area contributed by atoms with Crippen LogP contribution in [0.1, 0.15) is 77.0 Å². The van der Waals surface area contributed by atoms with Crippen molar-refractivity contribution in [3.8, 4) is 0 Å². The van der Waals surface area contributed by atoms with Gasteiger partial charge in [-0.05, 0) is 35.9 Å². The summed E-state index contributed by atoms with van der Waals surface area (Å²) in [6.45, 7) is 0. The zero-order valence-electron chi connectivity index (χ0n) is 17.4. The average Bonchev–Trinajstić information content (AvgIpc) is 2.67. The number of hydrogen-bond donors (Lipinski definition) is 0. The molecule has 0 aromatic rings. The van der Waals surface area contributed by atoms with Gasteiger partial charge in [-0.1, -0.05) is 57.8 Å². The third-order valence-corrected chi connectivity index (χ3v) is 13.6. The van der Waals surface area contributed by atoms with Gasteiger partial charge in [0, 0.05) is 8.80 Å². The van der Waals surface area contributed by atoms with Crippen molar-refractivity contribution in [3.63, 3.8) is 0 Å². The minimum absolute atomic E-state index is 0.128. The Kier molecular flexibility index (Phi) is 7.68. The normalized spacial score (nSPS) is 37.5. The van der Waals surface area contributed by atoms with Crippen molar-refractivity contribution in [1.82, 2.24) is 0 Å². The minimum Gasteiger partial charge on any atom is -0.171 e. The molecule has 0 bridgehead atoms. The van der Waals surface area contributed by atoms with Gasteiger partial charge in [0.1, 0.15) is 0 Å². The molecular weight excluding hydrogens is 451 g/mol. The van der Waals surface area contributed by atoms with Crippen LogP contribution in [0.2, 0.25) is 16.6 Å². The van der Waals surface area contributed by atoms with Crippen molar-refractivity contribution in [3.05, 3.63) is 0 Å². The highest BCUT2D eigenvalue weighted by molar-refractivity contribution is 6.64. The van der Waals surface area contributed by atoms with E-state index < -0.39 is 61.7 Å². The van der Waals surface area contributed by atoms with Crippen LogP contribution in [0.4, 0.5) is 39.5 Å². The predicted molar refractivity (Wildman–Crippen MR) is 102 cm³/mol. The van der Waals surface area contributed by atoms with Crippen LogP contribution >= 0.6 is 0 Å². The highest BCUT2D eigenvalue weighted by Gasteiger charge is 2.59. The maximum atomic E-state index is 13.9. The first-order valence-corrected chi connectivity index (χ1v) is 13.5. The Balaban J connectivity index is 2.06. The van der Waals surface area contributed by atoms with Crippen molar-refractivity contribution >= 4 is 8.80 Å². The molecule has 0 saturated heterocycles. The lowest BCUT2D eigenvalue weighted by atomic mass is 9.86. The first kappa shape index (κ1) is 25.2. The molecule has 31 heavy (non-hydrogen) atoms. The molecule has 0 heterocycles. The van der Waals surface area contributed by atoms with Gasteiger partial charge in [0.2, 0.25) is 0 Å². The average molecular weight is 483 g/mol. The molecule has 3 saturated carbocycles. The van der Waals surface area contributed by atoms with E-state index in [9.17, 15) is 39.5 Å². The van der Waals surface area contributed by atoms with E-state index in [1.165, 1.54) is 0 Å². The van der Waals surface area contributed by atoms with Crippen molar-refractivity contribution in [1.29, 1.82) is 0 Å². The van der Waals surface area contributed by atoms with Crippen molar-refractivity contribution in [2.45, 2.75) is 112 Å². The van der Waals surface area contributed by atoms with Crippen LogP contribution in [0.25, 0.3) is 0 Å². The Bertz CT molecular complexity index is 502. The Hall–Kier alpha value is -0.413. The monoisotopic (exact) mass is 482 g/mol. The van der Waals surface area contributed by atoms with E-state index in [1.54, 1.807) is 0 Å². The van der Waals surface area contributed by atoms with E-state index in [0.717, 1.165) is 0 Å². The summed E-state index contributed by atoms with van der Waals surface area (Å²) < 4.78 is 125. The van der Waals surface area contributed by atoms with E-state index in [1.807, 2.05) is 0 Å². The van der Waals surface area contributed by atoms with E-state index >= 15 is 0 Å². The van der Waals surface area contributed by atoms with Gasteiger partial charge in [0.05, 0.1) is 17.8 Å². The van der Waals surface area contributed by atoms with Crippen LogP contribution in [0.15, 0.2) is 0 Å². The van der Waals surface area contributed by atoms with E-state index in [4.69, 9.17) is 0 Å². The van der Waals surface area contributed by atoms with Gasteiger partial charge in [-0.25, -0.2) is 0 Å². The summed E-state index contributed by atoms with van der Waals surface area (Å²) in [4.78, 5) is 0. The zero-order valence-corrected chi connectivity index (χ0v) is 18.6. The molecule has 0 aromatic heterocycles. The predicted octanol–water partition coefficient (Wildman–Crippen LogP) is 8.58. The Morgan fingerprint density at radius 2 is 0.613 bits per heavy atom. The van der Waals surface area contributed by atoms with Gasteiger partial charge in [-0.3, -0.25) is 0 Å². The molecule has 0 aromatic carbocycles. The number of alkyl halides is 9. The van der Waals surface area contributed by atoms with E-state index in [2.05, 4.69) is 0 Å². The first-order chi connectivity index (χ1) is 14.3. The second-order valence-corrected chi connectivity index (χ2v) is 13.6. The summed E-state index contributed by atoms with van der Waals surface area (Å²) in [5.74, 6) is -5.24. The van der Waals surface area contributed by atoms with Gasteiger partial charge in [0.15, 0.2) is 0 Å². The molecular formula is C21H31F9Si. The second kappa shape index (κ2) is 9.45. The van der Waals surface area contributed by atoms with E-state index in [0.29, 0.717) is 38.5 Å². The largest absolute Gasteiger partial charge is 0.391 e. The summed E-state index contributed by atoms with van der Waals surface area (Å²) in [6.07, 6.45) is -11.4. The highest BCUT2D eigenvalue weighted by atomic mass is 28.3. The Labute approximate surface area is 178 Å². The standard InChI is InChI=1S/C21H31F9Si/c22-19(23,24)13-7-1-4-10-16(13)31(17-11-5-2-8-14(17)20(25,26)27)18-12-6-3-9-15(18)21(28,29)30/h13-18,31H,1-12H2/t13-,14-,15+,16-,17+,18-,31?/m0/s1. The zero-order chi connectivity index (χ0) is 23.0. The van der Waals surface area contributed by atoms with Crippen LogP contribution in [-0.2, 0) is 0 Å². The molecule has 0 aliphatic heterocycles. The third-order valence-electron chi connectivity index (χ3n) is 8.20. The van der Waals surface area contributed by atoms with Gasteiger partial charge < -0.3 is 0 Å². The molecule has 3 rings (SSSR count). The summed E-state index contributed by atoms with van der Waals surface area (Å²) in [7, 11) is -3.11. The summed E-state index contributed by atoms with van der Waals surface area (Å²) in [5.41, 5.74) is -3.06. The maximum absolute atomic E-state index is 13.9. The fourth-order valence-corrected chi connectivity index (χ4v) is 13.6. The van der Waals surface area contributed by atoms with Crippen LogP contribution in [0.3, 0.4) is 0 Å². The van der Waals surface area contributed by atoms with Crippen LogP contribution in [0, 0.1) is 17.8 Å². The SMILES string of the molecule is FC(F)(F)[C@@H]1CCCC[C@@H]1[SiH]([C@@H]1CCCC[C@@H]1C(F)(F)F)[C@H]1CCCC[C@@H]1C(F)(F)F. The molecule has 0 N–H and O–H groups in total. The molecule has 182 valence electrons. The molecule has 0 nitrogen and oxygen atoms in total. The molecule has 3 aliphatic rings. The van der Waals surface area contributed by atoms with Gasteiger partial charge >= 0.3 is 18.5 Å². The second-order valence-electron chi connectivity index (χ2n) is 9.87. The van der Waals surface area contributed by atoms with E-state index in [-0.39, 0.29) is 38.5 Å². The van der Waals surface area contributed by atoms with Crippen molar-refractivity contribution in [2.24, 2.45) is 17.8 Å². The Morgan fingerprint density at radius 1 is 0.387 bits per heavy atom. The summed E-state index contributed by atoms with van der Waals surface area (Å²) in [6, 6.07) is 0. The highest BCUT2D eigenvalue weighted by Crippen LogP contribution is 2.60. The molecule has 3 fully saturated rings. The molecule has 0 spiro atoms. The lowest BCUT2D eigenvalue weighted by molar-refractivity contribution is -0.188. The maximum Gasteiger partial charge on any atom is 0.391 e. The van der Waals surface area contributed by atoms with Crippen molar-refractivity contribution < 1.29 is 39.5 Å². The summed E-state index contributed by atoms with van der Waals surface area (Å²) >= 11 is 0. The van der Waals surface area contributed by atoms with Crippen LogP contribution in [0.5, 0.6) is 0 Å². The third kappa shape index (κ3) is 5.75.